The van der Waals surface area contributed by atoms with Gasteiger partial charge in [0.05, 0.1) is 4.90 Å². The van der Waals surface area contributed by atoms with Crippen LogP contribution in [0.4, 0.5) is 0 Å². The Labute approximate surface area is 123 Å². The molecule has 0 aliphatic carbocycles. The number of para-hydroxylation sites is 1. The zero-order valence-corrected chi connectivity index (χ0v) is 12.3. The van der Waals surface area contributed by atoms with Crippen LogP contribution >= 0.6 is 0 Å². The Morgan fingerprint density at radius 1 is 1.05 bits per heavy atom. The van der Waals surface area contributed by atoms with E-state index in [0.717, 1.165) is 22.0 Å². The van der Waals surface area contributed by atoms with E-state index in [0.29, 0.717) is 0 Å². The van der Waals surface area contributed by atoms with Gasteiger partial charge < -0.3 is 4.98 Å². The van der Waals surface area contributed by atoms with Crippen molar-refractivity contribution in [1.29, 1.82) is 0 Å². The number of sulfonamides is 1. The molecule has 0 unspecified atom stereocenters. The molecule has 0 spiro atoms. The largest absolute Gasteiger partial charge is 0.361 e. The highest BCUT2D eigenvalue weighted by molar-refractivity contribution is 7.90. The third-order valence-electron chi connectivity index (χ3n) is 3.27. The fourth-order valence-corrected chi connectivity index (χ4v) is 2.95. The van der Waals surface area contributed by atoms with E-state index in [2.05, 4.69) is 9.38 Å². The van der Waals surface area contributed by atoms with Gasteiger partial charge in [0.25, 0.3) is 10.0 Å². The molecule has 0 aliphatic heterocycles. The van der Waals surface area contributed by atoms with E-state index >= 15 is 0 Å². The minimum absolute atomic E-state index is 0.198. The number of hydrogen-bond donors (Lipinski definition) is 1. The minimum Gasteiger partial charge on any atom is -0.361 e. The molecule has 0 bridgehead atoms. The molecule has 0 aliphatic rings. The standard InChI is InChI=1S/C16H14N2O2S/c1-12-6-8-14(9-7-12)21(19,20)18-11-13-10-17-16-5-3-2-4-15(13)16/h2-11,17H,1H3/b18-11-. The zero-order chi connectivity index (χ0) is 14.9. The van der Waals surface area contributed by atoms with Crippen LogP contribution in [0.3, 0.4) is 0 Å². The van der Waals surface area contributed by atoms with E-state index < -0.39 is 10.0 Å². The monoisotopic (exact) mass is 298 g/mol. The van der Waals surface area contributed by atoms with Crippen LogP contribution in [-0.4, -0.2) is 19.6 Å². The molecule has 106 valence electrons. The average Bonchev–Trinajstić information content (AvgIpc) is 2.89. The summed E-state index contributed by atoms with van der Waals surface area (Å²) in [7, 11) is -3.67. The molecule has 1 aromatic heterocycles. The fraction of sp³-hybridized carbons (Fsp3) is 0.0625. The van der Waals surface area contributed by atoms with Gasteiger partial charge in [0, 0.05) is 28.9 Å². The van der Waals surface area contributed by atoms with Gasteiger partial charge in [-0.1, -0.05) is 35.9 Å². The van der Waals surface area contributed by atoms with Gasteiger partial charge in [-0.05, 0) is 25.1 Å². The number of nitrogens with zero attached hydrogens (tertiary/aromatic N) is 1. The summed E-state index contributed by atoms with van der Waals surface area (Å²) in [5.41, 5.74) is 2.71. The van der Waals surface area contributed by atoms with E-state index in [4.69, 9.17) is 0 Å². The number of aromatic nitrogens is 1. The molecule has 21 heavy (non-hydrogen) atoms. The Kier molecular flexibility index (Phi) is 3.35. The van der Waals surface area contributed by atoms with E-state index in [1.54, 1.807) is 30.5 Å². The van der Waals surface area contributed by atoms with E-state index in [-0.39, 0.29) is 4.90 Å². The highest BCUT2D eigenvalue weighted by atomic mass is 32.2. The van der Waals surface area contributed by atoms with Crippen molar-refractivity contribution in [3.8, 4) is 0 Å². The smallest absolute Gasteiger partial charge is 0.282 e. The molecule has 3 aromatic rings. The summed E-state index contributed by atoms with van der Waals surface area (Å²) in [6, 6.07) is 14.3. The van der Waals surface area contributed by atoms with Crippen LogP contribution in [0.15, 0.2) is 64.0 Å². The number of H-pyrrole nitrogens is 1. The first kappa shape index (κ1) is 13.6. The second kappa shape index (κ2) is 5.18. The molecule has 0 amide bonds. The SMILES string of the molecule is Cc1ccc(S(=O)(=O)/N=C\c2c[nH]c3ccccc23)cc1. The highest BCUT2D eigenvalue weighted by Crippen LogP contribution is 2.17. The third kappa shape index (κ3) is 2.73. The van der Waals surface area contributed by atoms with Crippen molar-refractivity contribution in [3.05, 3.63) is 65.9 Å². The quantitative estimate of drug-likeness (QED) is 0.754. The molecule has 0 saturated heterocycles. The van der Waals surface area contributed by atoms with Crippen molar-refractivity contribution in [3.63, 3.8) is 0 Å². The second-order valence-corrected chi connectivity index (χ2v) is 6.44. The van der Waals surface area contributed by atoms with Crippen LogP contribution in [-0.2, 0) is 10.0 Å². The Hall–Kier alpha value is -2.40. The summed E-state index contributed by atoms with van der Waals surface area (Å²) in [6.07, 6.45) is 3.13. The number of aromatic amines is 1. The van der Waals surface area contributed by atoms with Gasteiger partial charge >= 0.3 is 0 Å². The zero-order valence-electron chi connectivity index (χ0n) is 11.4. The van der Waals surface area contributed by atoms with Gasteiger partial charge in [-0.15, -0.1) is 0 Å². The van der Waals surface area contributed by atoms with E-state index in [1.165, 1.54) is 6.21 Å². The van der Waals surface area contributed by atoms with Gasteiger partial charge in [-0.3, -0.25) is 0 Å². The molecular weight excluding hydrogens is 284 g/mol. The number of aryl methyl sites for hydroxylation is 1. The van der Waals surface area contributed by atoms with Crippen molar-refractivity contribution < 1.29 is 8.42 Å². The first-order valence-corrected chi connectivity index (χ1v) is 7.93. The number of fused-ring (bicyclic) bond motifs is 1. The van der Waals surface area contributed by atoms with Gasteiger partial charge in [-0.2, -0.15) is 12.8 Å². The average molecular weight is 298 g/mol. The fourth-order valence-electron chi connectivity index (χ4n) is 2.10. The predicted octanol–water partition coefficient (Wildman–Crippen LogP) is 3.28. The maximum absolute atomic E-state index is 12.2. The normalized spacial score (nSPS) is 12.2. The molecule has 3 rings (SSSR count). The first-order chi connectivity index (χ1) is 10.1. The van der Waals surface area contributed by atoms with Crippen molar-refractivity contribution in [2.45, 2.75) is 11.8 Å². The number of hydrogen-bond acceptors (Lipinski definition) is 2. The van der Waals surface area contributed by atoms with E-state index in [9.17, 15) is 8.42 Å². The summed E-state index contributed by atoms with van der Waals surface area (Å²) in [5.74, 6) is 0. The first-order valence-electron chi connectivity index (χ1n) is 6.49. The van der Waals surface area contributed by atoms with Crippen LogP contribution in [0.25, 0.3) is 10.9 Å². The molecule has 2 aromatic carbocycles. The predicted molar refractivity (Wildman–Crippen MR) is 84.3 cm³/mol. The molecular formula is C16H14N2O2S. The van der Waals surface area contributed by atoms with Crippen LogP contribution in [0.5, 0.6) is 0 Å². The van der Waals surface area contributed by atoms with E-state index in [1.807, 2.05) is 31.2 Å². The molecule has 4 nitrogen and oxygen atoms in total. The lowest BCUT2D eigenvalue weighted by Crippen LogP contribution is -1.97. The van der Waals surface area contributed by atoms with Crippen LogP contribution < -0.4 is 0 Å². The van der Waals surface area contributed by atoms with Gasteiger partial charge in [-0.25, -0.2) is 0 Å². The van der Waals surface area contributed by atoms with Gasteiger partial charge in [0.2, 0.25) is 0 Å². The maximum atomic E-state index is 12.2. The molecule has 0 atom stereocenters. The lowest BCUT2D eigenvalue weighted by molar-refractivity contribution is 0.598. The maximum Gasteiger partial charge on any atom is 0.282 e. The second-order valence-electron chi connectivity index (χ2n) is 4.81. The summed E-state index contributed by atoms with van der Waals surface area (Å²) in [6.45, 7) is 1.91. The van der Waals surface area contributed by atoms with Crippen molar-refractivity contribution >= 4 is 27.1 Å². The Bertz CT molecular complexity index is 907. The van der Waals surface area contributed by atoms with Gasteiger partial charge in [0.1, 0.15) is 0 Å². The summed E-state index contributed by atoms with van der Waals surface area (Å²) in [5, 5.41) is 0.945. The minimum atomic E-state index is -3.67. The van der Waals surface area contributed by atoms with Gasteiger partial charge in [0.15, 0.2) is 0 Å². The lowest BCUT2D eigenvalue weighted by atomic mass is 10.2. The summed E-state index contributed by atoms with van der Waals surface area (Å²) >= 11 is 0. The molecule has 5 heteroatoms. The lowest BCUT2D eigenvalue weighted by Gasteiger charge is -1.99. The molecule has 1 heterocycles. The van der Waals surface area contributed by atoms with Crippen LogP contribution in [0, 0.1) is 6.92 Å². The highest BCUT2D eigenvalue weighted by Gasteiger charge is 2.11. The third-order valence-corrected chi connectivity index (χ3v) is 4.52. The van der Waals surface area contributed by atoms with Crippen LogP contribution in [0.1, 0.15) is 11.1 Å². The molecule has 0 saturated carbocycles. The van der Waals surface area contributed by atoms with Crippen molar-refractivity contribution in [2.24, 2.45) is 4.40 Å². The van der Waals surface area contributed by atoms with Crippen molar-refractivity contribution in [2.75, 3.05) is 0 Å². The topological polar surface area (TPSA) is 62.3 Å². The van der Waals surface area contributed by atoms with Crippen LogP contribution in [0.2, 0.25) is 0 Å². The summed E-state index contributed by atoms with van der Waals surface area (Å²) < 4.78 is 28.1. The summed E-state index contributed by atoms with van der Waals surface area (Å²) in [4.78, 5) is 3.28. The Morgan fingerprint density at radius 3 is 2.52 bits per heavy atom. The Morgan fingerprint density at radius 2 is 1.76 bits per heavy atom. The van der Waals surface area contributed by atoms with Crippen molar-refractivity contribution in [1.82, 2.24) is 4.98 Å². The molecule has 0 fully saturated rings. The number of rotatable bonds is 3. The number of benzene rings is 2. The molecule has 1 N–H and O–H groups in total. The Balaban J connectivity index is 1.96. The number of nitrogens with one attached hydrogen (secondary N) is 1. The molecule has 0 radical (unpaired) electrons.